The number of ether oxygens (including phenoxy) is 2. The molecule has 2 N–H and O–H groups in total. The predicted octanol–water partition coefficient (Wildman–Crippen LogP) is 4.01. The van der Waals surface area contributed by atoms with Crippen LogP contribution in [-0.4, -0.2) is 34.7 Å². The van der Waals surface area contributed by atoms with Crippen molar-refractivity contribution < 1.29 is 27.1 Å². The first kappa shape index (κ1) is 25.5. The molecule has 1 heterocycles. The molecule has 6 nitrogen and oxygen atoms in total. The lowest BCUT2D eigenvalue weighted by Gasteiger charge is -2.20. The van der Waals surface area contributed by atoms with Crippen molar-refractivity contribution in [2.45, 2.75) is 32.1 Å². The number of hydrogen-bond acceptors (Lipinski definition) is 5. The van der Waals surface area contributed by atoms with E-state index in [0.717, 1.165) is 6.61 Å². The molecule has 0 saturated heterocycles. The van der Waals surface area contributed by atoms with Crippen molar-refractivity contribution >= 4 is 27.1 Å². The van der Waals surface area contributed by atoms with Crippen LogP contribution in [0.2, 0.25) is 0 Å². The smallest absolute Gasteiger partial charge is 0.339 e. The molecule has 0 aromatic heterocycles. The van der Waals surface area contributed by atoms with Crippen molar-refractivity contribution in [1.82, 2.24) is 0 Å². The van der Waals surface area contributed by atoms with E-state index in [1.165, 1.54) is 30.3 Å². The monoisotopic (exact) mass is 437 g/mol. The molecular formula is C22H28FNO5S. The fourth-order valence-electron chi connectivity index (χ4n) is 2.64. The minimum atomic E-state index is -3.79. The van der Waals surface area contributed by atoms with E-state index in [-0.39, 0.29) is 17.1 Å². The number of cyclic esters (lactones) is 1. The molecule has 0 radical (unpaired) electrons. The Morgan fingerprint density at radius 2 is 1.70 bits per heavy atom. The van der Waals surface area contributed by atoms with Crippen LogP contribution < -0.4 is 5.14 Å². The Bertz CT molecular complexity index is 967. The average molecular weight is 438 g/mol. The topological polar surface area (TPSA) is 95.7 Å². The first-order valence-corrected chi connectivity index (χ1v) is 11.1. The first-order valence-electron chi connectivity index (χ1n) is 9.56. The average Bonchev–Trinajstić information content (AvgIpc) is 2.74. The number of methoxy groups -OCH3 is 1. The summed E-state index contributed by atoms with van der Waals surface area (Å²) in [6, 6.07) is 11.6. The van der Waals surface area contributed by atoms with Crippen LogP contribution in [0.25, 0.3) is 11.1 Å². The summed E-state index contributed by atoms with van der Waals surface area (Å²) in [5.41, 5.74) is 2.05. The van der Waals surface area contributed by atoms with Gasteiger partial charge in [0.25, 0.3) is 0 Å². The van der Waals surface area contributed by atoms with Crippen LogP contribution >= 0.6 is 0 Å². The minimum Gasteiger partial charge on any atom is -0.462 e. The third-order valence-corrected chi connectivity index (χ3v) is 4.95. The SMILES string of the molecule is CC.CCOC.NS(=O)(=O)c1ccc(C2=C(c3cccc(F)c3)C(=O)OCC2)cc1. The van der Waals surface area contributed by atoms with Crippen LogP contribution in [0.4, 0.5) is 4.39 Å². The maximum Gasteiger partial charge on any atom is 0.339 e. The van der Waals surface area contributed by atoms with Gasteiger partial charge in [-0.1, -0.05) is 38.1 Å². The van der Waals surface area contributed by atoms with Gasteiger partial charge in [0.1, 0.15) is 5.82 Å². The Balaban J connectivity index is 0.000000673. The highest BCUT2D eigenvalue weighted by molar-refractivity contribution is 7.89. The van der Waals surface area contributed by atoms with Crippen LogP contribution in [0.5, 0.6) is 0 Å². The predicted molar refractivity (Wildman–Crippen MR) is 116 cm³/mol. The standard InChI is InChI=1S/C17H14FNO4S.C3H8O.C2H6/c18-13-3-1-2-12(10-13)16-15(8-9-23-17(16)20)11-4-6-14(7-5-11)24(19,21)22;1-3-4-2;1-2/h1-7,10H,8-9H2,(H2,19,21,22);3H2,1-2H3;1-2H3. The summed E-state index contributed by atoms with van der Waals surface area (Å²) in [6.45, 7) is 6.99. The Kier molecular flexibility index (Phi) is 10.4. The van der Waals surface area contributed by atoms with Gasteiger partial charge in [0.05, 0.1) is 17.1 Å². The number of hydrogen-bond donors (Lipinski definition) is 1. The largest absolute Gasteiger partial charge is 0.462 e. The Morgan fingerprint density at radius 3 is 2.20 bits per heavy atom. The van der Waals surface area contributed by atoms with E-state index in [0.29, 0.717) is 23.1 Å². The van der Waals surface area contributed by atoms with E-state index in [2.05, 4.69) is 4.74 Å². The summed E-state index contributed by atoms with van der Waals surface area (Å²) in [5, 5.41) is 5.09. The summed E-state index contributed by atoms with van der Waals surface area (Å²) in [7, 11) is -2.11. The van der Waals surface area contributed by atoms with E-state index in [4.69, 9.17) is 9.88 Å². The van der Waals surface area contributed by atoms with Crippen molar-refractivity contribution in [1.29, 1.82) is 0 Å². The number of benzene rings is 2. The van der Waals surface area contributed by atoms with Crippen molar-refractivity contribution in [2.24, 2.45) is 5.14 Å². The number of primary sulfonamides is 1. The van der Waals surface area contributed by atoms with Crippen LogP contribution in [-0.2, 0) is 24.3 Å². The zero-order valence-corrected chi connectivity index (χ0v) is 18.5. The van der Waals surface area contributed by atoms with E-state index in [1.54, 1.807) is 25.3 Å². The van der Waals surface area contributed by atoms with Gasteiger partial charge in [0.15, 0.2) is 0 Å². The van der Waals surface area contributed by atoms with Gasteiger partial charge < -0.3 is 9.47 Å². The second-order valence-corrected chi connectivity index (χ2v) is 7.46. The molecule has 8 heteroatoms. The van der Waals surface area contributed by atoms with Gasteiger partial charge in [-0.05, 0) is 47.9 Å². The molecule has 0 amide bonds. The zero-order chi connectivity index (χ0) is 22.7. The Hall–Kier alpha value is -2.55. The molecule has 30 heavy (non-hydrogen) atoms. The summed E-state index contributed by atoms with van der Waals surface area (Å²) < 4.78 is 45.8. The molecule has 0 atom stereocenters. The third-order valence-electron chi connectivity index (χ3n) is 4.02. The minimum absolute atomic E-state index is 0.0162. The molecule has 1 aliphatic rings. The van der Waals surface area contributed by atoms with Gasteiger partial charge in [-0.25, -0.2) is 22.7 Å². The summed E-state index contributed by atoms with van der Waals surface area (Å²) in [4.78, 5) is 12.2. The number of rotatable bonds is 4. The Labute approximate surface area is 177 Å². The van der Waals surface area contributed by atoms with E-state index < -0.39 is 21.8 Å². The van der Waals surface area contributed by atoms with Crippen molar-refractivity contribution in [3.63, 3.8) is 0 Å². The lowest BCUT2D eigenvalue weighted by molar-refractivity contribution is -0.136. The molecule has 164 valence electrons. The fraction of sp³-hybridized carbons (Fsp3) is 0.318. The molecule has 0 aliphatic carbocycles. The quantitative estimate of drug-likeness (QED) is 0.729. The summed E-state index contributed by atoms with van der Waals surface area (Å²) >= 11 is 0. The normalized spacial score (nSPS) is 13.5. The highest BCUT2D eigenvalue weighted by Crippen LogP contribution is 2.33. The van der Waals surface area contributed by atoms with Gasteiger partial charge in [0.2, 0.25) is 10.0 Å². The highest BCUT2D eigenvalue weighted by Gasteiger charge is 2.25. The molecule has 2 aromatic rings. The number of carbonyl (C=O) groups excluding carboxylic acids is 1. The van der Waals surface area contributed by atoms with Gasteiger partial charge in [0, 0.05) is 20.1 Å². The van der Waals surface area contributed by atoms with Crippen LogP contribution in [0.15, 0.2) is 53.4 Å². The molecule has 0 spiro atoms. The van der Waals surface area contributed by atoms with Crippen LogP contribution in [0, 0.1) is 5.82 Å². The number of nitrogens with two attached hydrogens (primary N) is 1. The van der Waals surface area contributed by atoms with Gasteiger partial charge in [-0.3, -0.25) is 0 Å². The molecule has 0 bridgehead atoms. The zero-order valence-electron chi connectivity index (χ0n) is 17.6. The van der Waals surface area contributed by atoms with Crippen molar-refractivity contribution in [2.75, 3.05) is 20.3 Å². The van der Waals surface area contributed by atoms with E-state index in [9.17, 15) is 17.6 Å². The summed E-state index contributed by atoms with van der Waals surface area (Å²) in [6.07, 6.45) is 0.451. The number of carbonyl (C=O) groups is 1. The third kappa shape index (κ3) is 7.05. The van der Waals surface area contributed by atoms with Crippen molar-refractivity contribution in [3.8, 4) is 0 Å². The van der Waals surface area contributed by atoms with Crippen LogP contribution in [0.3, 0.4) is 0 Å². The van der Waals surface area contributed by atoms with Crippen molar-refractivity contribution in [3.05, 3.63) is 65.5 Å². The highest BCUT2D eigenvalue weighted by atomic mass is 32.2. The maximum absolute atomic E-state index is 13.5. The van der Waals surface area contributed by atoms with E-state index >= 15 is 0 Å². The molecule has 0 fully saturated rings. The maximum atomic E-state index is 13.5. The molecular weight excluding hydrogens is 409 g/mol. The van der Waals surface area contributed by atoms with E-state index in [1.807, 2.05) is 20.8 Å². The van der Waals surface area contributed by atoms with Crippen LogP contribution in [0.1, 0.15) is 38.3 Å². The summed E-state index contributed by atoms with van der Waals surface area (Å²) in [5.74, 6) is -0.986. The molecule has 2 aromatic carbocycles. The second kappa shape index (κ2) is 12.2. The second-order valence-electron chi connectivity index (χ2n) is 5.90. The molecule has 0 saturated carbocycles. The first-order chi connectivity index (χ1) is 14.3. The van der Waals surface area contributed by atoms with Gasteiger partial charge >= 0.3 is 5.97 Å². The molecule has 0 unspecified atom stereocenters. The van der Waals surface area contributed by atoms with Gasteiger partial charge in [-0.15, -0.1) is 0 Å². The lowest BCUT2D eigenvalue weighted by atomic mass is 9.91. The lowest BCUT2D eigenvalue weighted by Crippen LogP contribution is -2.17. The number of halogens is 1. The number of esters is 1. The van der Waals surface area contributed by atoms with Gasteiger partial charge in [-0.2, -0.15) is 0 Å². The Morgan fingerprint density at radius 1 is 1.10 bits per heavy atom. The molecule has 1 aliphatic heterocycles. The number of sulfonamides is 1. The fourth-order valence-corrected chi connectivity index (χ4v) is 3.15. The molecule has 3 rings (SSSR count).